The first-order chi connectivity index (χ1) is 9.79. The summed E-state index contributed by atoms with van der Waals surface area (Å²) >= 11 is 0. The molecule has 0 amide bonds. The number of esters is 1. The van der Waals surface area contributed by atoms with Gasteiger partial charge in [0.2, 0.25) is 5.95 Å². The molecule has 2 N–H and O–H groups in total. The lowest BCUT2D eigenvalue weighted by atomic mass is 9.85. The van der Waals surface area contributed by atoms with Crippen molar-refractivity contribution in [1.29, 1.82) is 0 Å². The molecular weight excluding hydrogens is 270 g/mol. The lowest BCUT2D eigenvalue weighted by molar-refractivity contribution is 0.0524. The predicted octanol–water partition coefficient (Wildman–Crippen LogP) is 2.17. The average molecular weight is 295 g/mol. The SMILES string of the molecule is CCOC(=O)c1cnc(NC(CCO)C(C)(C)C)nc1C. The number of hydrogen-bond acceptors (Lipinski definition) is 6. The van der Waals surface area contributed by atoms with Gasteiger partial charge in [-0.2, -0.15) is 0 Å². The smallest absolute Gasteiger partial charge is 0.341 e. The van der Waals surface area contributed by atoms with Crippen LogP contribution < -0.4 is 5.32 Å². The molecule has 118 valence electrons. The van der Waals surface area contributed by atoms with E-state index < -0.39 is 5.97 Å². The van der Waals surface area contributed by atoms with E-state index in [0.29, 0.717) is 30.2 Å². The van der Waals surface area contributed by atoms with Crippen LogP contribution in [0.3, 0.4) is 0 Å². The van der Waals surface area contributed by atoms with Crippen molar-refractivity contribution in [1.82, 2.24) is 9.97 Å². The highest BCUT2D eigenvalue weighted by Crippen LogP contribution is 2.24. The molecule has 1 rings (SSSR count). The molecule has 21 heavy (non-hydrogen) atoms. The molecule has 1 heterocycles. The summed E-state index contributed by atoms with van der Waals surface area (Å²) in [6.07, 6.45) is 2.08. The zero-order chi connectivity index (χ0) is 16.0. The Bertz CT molecular complexity index is 484. The number of aryl methyl sites for hydroxylation is 1. The fraction of sp³-hybridized carbons (Fsp3) is 0.667. The van der Waals surface area contributed by atoms with Crippen molar-refractivity contribution in [2.45, 2.75) is 47.1 Å². The van der Waals surface area contributed by atoms with Crippen molar-refractivity contribution in [3.63, 3.8) is 0 Å². The number of carbonyl (C=O) groups is 1. The van der Waals surface area contributed by atoms with Crippen molar-refractivity contribution in [2.75, 3.05) is 18.5 Å². The number of aliphatic hydroxyl groups excluding tert-OH is 1. The maximum Gasteiger partial charge on any atom is 0.341 e. The number of ether oxygens (including phenoxy) is 1. The summed E-state index contributed by atoms with van der Waals surface area (Å²) in [4.78, 5) is 20.2. The zero-order valence-corrected chi connectivity index (χ0v) is 13.4. The number of carbonyl (C=O) groups excluding carboxylic acids is 1. The van der Waals surface area contributed by atoms with Gasteiger partial charge in [0, 0.05) is 18.8 Å². The Kier molecular flexibility index (Phi) is 6.08. The Morgan fingerprint density at radius 1 is 1.48 bits per heavy atom. The number of nitrogens with one attached hydrogen (secondary N) is 1. The molecule has 1 atom stereocenters. The van der Waals surface area contributed by atoms with Crippen molar-refractivity contribution in [3.8, 4) is 0 Å². The van der Waals surface area contributed by atoms with Crippen LogP contribution >= 0.6 is 0 Å². The average Bonchev–Trinajstić information content (AvgIpc) is 2.37. The molecule has 0 saturated heterocycles. The molecule has 1 aromatic rings. The first-order valence-electron chi connectivity index (χ1n) is 7.17. The second-order valence-corrected chi connectivity index (χ2v) is 5.99. The van der Waals surface area contributed by atoms with Gasteiger partial charge in [0.25, 0.3) is 0 Å². The highest BCUT2D eigenvalue weighted by Gasteiger charge is 2.25. The minimum Gasteiger partial charge on any atom is -0.462 e. The van der Waals surface area contributed by atoms with Crippen LogP contribution in [0.1, 0.15) is 50.2 Å². The van der Waals surface area contributed by atoms with Gasteiger partial charge < -0.3 is 15.2 Å². The van der Waals surface area contributed by atoms with Crippen LogP contribution in [0.4, 0.5) is 5.95 Å². The molecule has 0 radical (unpaired) electrons. The van der Waals surface area contributed by atoms with Gasteiger partial charge in [-0.15, -0.1) is 0 Å². The summed E-state index contributed by atoms with van der Waals surface area (Å²) in [6, 6.07) is 0.0374. The summed E-state index contributed by atoms with van der Waals surface area (Å²) in [7, 11) is 0. The lowest BCUT2D eigenvalue weighted by Crippen LogP contribution is -2.35. The fourth-order valence-electron chi connectivity index (χ4n) is 1.95. The van der Waals surface area contributed by atoms with E-state index in [9.17, 15) is 4.79 Å². The molecule has 0 aliphatic carbocycles. The second-order valence-electron chi connectivity index (χ2n) is 5.99. The fourth-order valence-corrected chi connectivity index (χ4v) is 1.95. The number of hydrogen-bond donors (Lipinski definition) is 2. The van der Waals surface area contributed by atoms with Gasteiger partial charge in [-0.1, -0.05) is 20.8 Å². The van der Waals surface area contributed by atoms with Crippen LogP contribution in [0, 0.1) is 12.3 Å². The lowest BCUT2D eigenvalue weighted by Gasteiger charge is -2.31. The van der Waals surface area contributed by atoms with E-state index in [1.54, 1.807) is 13.8 Å². The second kappa shape index (κ2) is 7.36. The normalized spacial score (nSPS) is 12.9. The third-order valence-electron chi connectivity index (χ3n) is 3.24. The Morgan fingerprint density at radius 3 is 2.62 bits per heavy atom. The minimum atomic E-state index is -0.413. The highest BCUT2D eigenvalue weighted by molar-refractivity contribution is 5.90. The van der Waals surface area contributed by atoms with Crippen molar-refractivity contribution >= 4 is 11.9 Å². The predicted molar refractivity (Wildman–Crippen MR) is 81.3 cm³/mol. The van der Waals surface area contributed by atoms with Crippen LogP contribution in [0.5, 0.6) is 0 Å². The van der Waals surface area contributed by atoms with E-state index in [1.165, 1.54) is 6.20 Å². The zero-order valence-electron chi connectivity index (χ0n) is 13.4. The maximum atomic E-state index is 11.7. The molecule has 1 unspecified atom stereocenters. The Balaban J connectivity index is 2.90. The largest absolute Gasteiger partial charge is 0.462 e. The van der Waals surface area contributed by atoms with Gasteiger partial charge in [0.15, 0.2) is 0 Å². The summed E-state index contributed by atoms with van der Waals surface area (Å²) in [6.45, 7) is 10.2. The van der Waals surface area contributed by atoms with E-state index in [1.807, 2.05) is 0 Å². The summed E-state index contributed by atoms with van der Waals surface area (Å²) in [5, 5.41) is 12.4. The first kappa shape index (κ1) is 17.4. The third kappa shape index (κ3) is 4.97. The molecule has 0 aliphatic heterocycles. The van der Waals surface area contributed by atoms with Gasteiger partial charge in [0.05, 0.1) is 17.9 Å². The molecule has 1 aromatic heterocycles. The highest BCUT2D eigenvalue weighted by atomic mass is 16.5. The van der Waals surface area contributed by atoms with Crippen molar-refractivity contribution in [2.24, 2.45) is 5.41 Å². The van der Waals surface area contributed by atoms with Crippen LogP contribution in [0.15, 0.2) is 6.20 Å². The standard InChI is InChI=1S/C15H25N3O3/c1-6-21-13(20)11-9-16-14(17-10(11)2)18-12(7-8-19)15(3,4)5/h9,12,19H,6-8H2,1-5H3,(H,16,17,18). The topological polar surface area (TPSA) is 84.3 Å². The van der Waals surface area contributed by atoms with Gasteiger partial charge in [-0.05, 0) is 25.7 Å². The molecule has 0 bridgehead atoms. The van der Waals surface area contributed by atoms with E-state index in [4.69, 9.17) is 9.84 Å². The molecular formula is C15H25N3O3. The van der Waals surface area contributed by atoms with E-state index >= 15 is 0 Å². The molecule has 6 nitrogen and oxygen atoms in total. The summed E-state index contributed by atoms with van der Waals surface area (Å²) < 4.78 is 4.95. The van der Waals surface area contributed by atoms with Gasteiger partial charge in [-0.3, -0.25) is 0 Å². The number of rotatable bonds is 6. The van der Waals surface area contributed by atoms with Gasteiger partial charge >= 0.3 is 5.97 Å². The summed E-state index contributed by atoms with van der Waals surface area (Å²) in [5.41, 5.74) is 0.902. The van der Waals surface area contributed by atoms with Crippen LogP contribution in [0.25, 0.3) is 0 Å². The maximum absolute atomic E-state index is 11.7. The molecule has 0 fully saturated rings. The molecule has 0 spiro atoms. The van der Waals surface area contributed by atoms with Crippen molar-refractivity contribution < 1.29 is 14.6 Å². The third-order valence-corrected chi connectivity index (χ3v) is 3.24. The van der Waals surface area contributed by atoms with Crippen LogP contribution in [0.2, 0.25) is 0 Å². The summed E-state index contributed by atoms with van der Waals surface area (Å²) in [5.74, 6) is 0.0400. The van der Waals surface area contributed by atoms with Gasteiger partial charge in [-0.25, -0.2) is 14.8 Å². The molecule has 0 saturated carbocycles. The monoisotopic (exact) mass is 295 g/mol. The molecule has 0 aromatic carbocycles. The van der Waals surface area contributed by atoms with E-state index in [-0.39, 0.29) is 18.1 Å². The van der Waals surface area contributed by atoms with Gasteiger partial charge in [0.1, 0.15) is 0 Å². The minimum absolute atomic E-state index is 0.0374. The van der Waals surface area contributed by atoms with Crippen molar-refractivity contribution in [3.05, 3.63) is 17.5 Å². The van der Waals surface area contributed by atoms with E-state index in [2.05, 4.69) is 36.1 Å². The molecule has 6 heteroatoms. The molecule has 0 aliphatic rings. The van der Waals surface area contributed by atoms with Crippen LogP contribution in [-0.2, 0) is 4.74 Å². The number of nitrogens with zero attached hydrogens (tertiary/aromatic N) is 2. The Morgan fingerprint density at radius 2 is 2.14 bits per heavy atom. The number of aromatic nitrogens is 2. The number of aliphatic hydroxyl groups is 1. The quantitative estimate of drug-likeness (QED) is 0.782. The van der Waals surface area contributed by atoms with E-state index in [0.717, 1.165) is 0 Å². The van der Waals surface area contributed by atoms with Crippen LogP contribution in [-0.4, -0.2) is 40.3 Å². The number of anilines is 1. The Labute approximate surface area is 126 Å². The Hall–Kier alpha value is -1.69. The first-order valence-corrected chi connectivity index (χ1v) is 7.17.